The molecule has 0 heterocycles. The number of carbonyl (C=O) groups is 2. The largest absolute Gasteiger partial charge is 0.379 e. The third kappa shape index (κ3) is 43.0. The van der Waals surface area contributed by atoms with Gasteiger partial charge in [-0.3, -0.25) is 0 Å². The number of nitrogens with one attached hydrogen (secondary N) is 1. The van der Waals surface area contributed by atoms with Crippen LogP contribution in [0.3, 0.4) is 0 Å². The van der Waals surface area contributed by atoms with Crippen LogP contribution >= 0.6 is 0 Å². The molecule has 0 aliphatic rings. The lowest BCUT2D eigenvalue weighted by Gasteiger charge is -2.06. The van der Waals surface area contributed by atoms with Crippen LogP contribution in [-0.2, 0) is 47.5 Å². The number of ether oxygens (including phenoxy) is 8. The van der Waals surface area contributed by atoms with Gasteiger partial charge in [0.1, 0.15) is 12.6 Å². The van der Waals surface area contributed by atoms with E-state index in [1.54, 1.807) is 0 Å². The lowest BCUT2D eigenvalue weighted by atomic mass is 10.5. The van der Waals surface area contributed by atoms with Crippen LogP contribution in [0, 0.1) is 0 Å². The van der Waals surface area contributed by atoms with Gasteiger partial charge in [-0.15, -0.1) is 0 Å². The number of hydrogen-bond acceptors (Lipinski definition) is 12. The van der Waals surface area contributed by atoms with E-state index < -0.39 is 0 Å². The van der Waals surface area contributed by atoms with Crippen molar-refractivity contribution < 1.29 is 47.5 Å². The normalized spacial score (nSPS) is 10.4. The quantitative estimate of drug-likeness (QED) is 0.100. The summed E-state index contributed by atoms with van der Waals surface area (Å²) in [5.41, 5.74) is 5.25. The minimum Gasteiger partial charge on any atom is -0.379 e. The molecule has 0 radical (unpaired) electrons. The fourth-order valence-corrected chi connectivity index (χ4v) is 2.04. The first kappa shape index (κ1) is 39.5. The van der Waals surface area contributed by atoms with Crippen LogP contribution in [0.25, 0.3) is 0 Å². The first-order valence-electron chi connectivity index (χ1n) is 12.2. The van der Waals surface area contributed by atoms with Crippen molar-refractivity contribution >= 4 is 12.6 Å². The Morgan fingerprint density at radius 2 is 0.778 bits per heavy atom. The summed E-state index contributed by atoms with van der Waals surface area (Å²) in [5.74, 6) is 0. The van der Waals surface area contributed by atoms with Crippen LogP contribution in [-0.4, -0.2) is 138 Å². The second-order valence-electron chi connectivity index (χ2n) is 6.70. The molecule has 0 unspecified atom stereocenters. The summed E-state index contributed by atoms with van der Waals surface area (Å²) in [4.78, 5) is 19.9. The van der Waals surface area contributed by atoms with Gasteiger partial charge in [0.25, 0.3) is 0 Å². The fourth-order valence-electron chi connectivity index (χ4n) is 2.04. The average Bonchev–Trinajstić information content (AvgIpc) is 2.87. The maximum Gasteiger partial charge on any atom is 0.122 e. The monoisotopic (exact) mass is 528 g/mol. The highest BCUT2D eigenvalue weighted by Crippen LogP contribution is 1.84. The SMILES string of the molecule is C.CNCCOCCOCCOCCOCCC=O.NCCOCCOCCOCCOCCC=O. The standard InChI is InChI=1S/C12H25NO5.C11H23NO5.CH4/c1-13-3-6-16-8-10-18-12-11-17-9-7-15-5-2-4-14;12-2-5-15-7-9-17-11-10-16-8-6-14-4-1-3-13;/h4,13H,2-3,5-12H2,1H3;3H,1-2,4-12H2;1H4. The Morgan fingerprint density at radius 1 is 0.500 bits per heavy atom. The van der Waals surface area contributed by atoms with E-state index in [9.17, 15) is 9.59 Å². The molecule has 0 amide bonds. The van der Waals surface area contributed by atoms with Crippen LogP contribution in [0.1, 0.15) is 20.3 Å². The van der Waals surface area contributed by atoms with E-state index in [4.69, 9.17) is 43.6 Å². The molecule has 0 spiro atoms. The third-order valence-corrected chi connectivity index (χ3v) is 3.75. The maximum absolute atomic E-state index is 9.98. The lowest BCUT2D eigenvalue weighted by Crippen LogP contribution is -2.17. The topological polar surface area (TPSA) is 146 Å². The fraction of sp³-hybridized carbons (Fsp3) is 0.917. The Kier molecular flexibility index (Phi) is 45.0. The summed E-state index contributed by atoms with van der Waals surface area (Å²) in [6.45, 7) is 10.2. The number of likely N-dealkylation sites (N-methyl/N-ethyl adjacent to an activating group) is 1. The predicted molar refractivity (Wildman–Crippen MR) is 138 cm³/mol. The summed E-state index contributed by atoms with van der Waals surface area (Å²) in [6, 6.07) is 0. The zero-order valence-corrected chi connectivity index (χ0v) is 21.5. The Hall–Kier alpha value is -1.06. The summed E-state index contributed by atoms with van der Waals surface area (Å²) in [5, 5.41) is 2.99. The van der Waals surface area contributed by atoms with Gasteiger partial charge in [0, 0.05) is 25.9 Å². The lowest BCUT2D eigenvalue weighted by molar-refractivity contribution is -0.109. The molecule has 0 saturated carbocycles. The van der Waals surface area contributed by atoms with Crippen molar-refractivity contribution in [1.29, 1.82) is 0 Å². The molecule has 3 N–H and O–H groups in total. The molecule has 0 aliphatic carbocycles. The number of rotatable bonds is 29. The number of nitrogens with two attached hydrogens (primary N) is 1. The van der Waals surface area contributed by atoms with Crippen molar-refractivity contribution in [3.8, 4) is 0 Å². The number of aldehydes is 2. The minimum absolute atomic E-state index is 0. The van der Waals surface area contributed by atoms with E-state index in [-0.39, 0.29) is 7.43 Å². The molecule has 0 aliphatic heterocycles. The maximum atomic E-state index is 9.98. The summed E-state index contributed by atoms with van der Waals surface area (Å²) in [7, 11) is 1.89. The molecule has 0 aromatic rings. The van der Waals surface area contributed by atoms with Gasteiger partial charge in [0.2, 0.25) is 0 Å². The third-order valence-electron chi connectivity index (χ3n) is 3.75. The van der Waals surface area contributed by atoms with Crippen molar-refractivity contribution in [2.24, 2.45) is 5.73 Å². The molecule has 12 nitrogen and oxygen atoms in total. The van der Waals surface area contributed by atoms with Crippen LogP contribution in [0.2, 0.25) is 0 Å². The summed E-state index contributed by atoms with van der Waals surface area (Å²) >= 11 is 0. The number of hydrogen-bond donors (Lipinski definition) is 2. The van der Waals surface area contributed by atoms with Crippen molar-refractivity contribution in [3.05, 3.63) is 0 Å². The van der Waals surface area contributed by atoms with E-state index in [1.807, 2.05) is 7.05 Å². The molecular formula is C24H52N2O10. The van der Waals surface area contributed by atoms with Crippen LogP contribution in [0.5, 0.6) is 0 Å². The molecule has 36 heavy (non-hydrogen) atoms. The van der Waals surface area contributed by atoms with Gasteiger partial charge < -0.3 is 58.5 Å². The zero-order valence-electron chi connectivity index (χ0n) is 21.5. The Labute approximate surface area is 217 Å². The predicted octanol–water partition coefficient (Wildman–Crippen LogP) is 0.0978. The van der Waals surface area contributed by atoms with E-state index in [2.05, 4.69) is 5.32 Å². The van der Waals surface area contributed by atoms with E-state index >= 15 is 0 Å². The van der Waals surface area contributed by atoms with Crippen LogP contribution in [0.4, 0.5) is 0 Å². The van der Waals surface area contributed by atoms with Gasteiger partial charge in [-0.05, 0) is 7.05 Å². The highest BCUT2D eigenvalue weighted by atomic mass is 16.6. The van der Waals surface area contributed by atoms with Gasteiger partial charge in [0.15, 0.2) is 0 Å². The van der Waals surface area contributed by atoms with Crippen molar-refractivity contribution in [2.75, 3.05) is 126 Å². The second kappa shape index (κ2) is 41.1. The first-order valence-corrected chi connectivity index (χ1v) is 12.2. The molecule has 0 fully saturated rings. The second-order valence-corrected chi connectivity index (χ2v) is 6.70. The van der Waals surface area contributed by atoms with Gasteiger partial charge in [0.05, 0.1) is 106 Å². The molecule has 218 valence electrons. The highest BCUT2D eigenvalue weighted by molar-refractivity contribution is 5.49. The van der Waals surface area contributed by atoms with Crippen molar-refractivity contribution in [1.82, 2.24) is 5.32 Å². The zero-order chi connectivity index (χ0) is 25.9. The van der Waals surface area contributed by atoms with E-state index in [0.717, 1.165) is 19.1 Å². The molecule has 0 bridgehead atoms. The molecule has 12 heteroatoms. The summed E-state index contributed by atoms with van der Waals surface area (Å²) in [6.07, 6.45) is 2.55. The van der Waals surface area contributed by atoms with Gasteiger partial charge in [-0.1, -0.05) is 7.43 Å². The molecule has 0 saturated heterocycles. The smallest absolute Gasteiger partial charge is 0.122 e. The molecule has 0 aromatic carbocycles. The Balaban J connectivity index is -0.000000590. The van der Waals surface area contributed by atoms with Gasteiger partial charge in [-0.25, -0.2) is 0 Å². The van der Waals surface area contributed by atoms with Gasteiger partial charge >= 0.3 is 0 Å². The highest BCUT2D eigenvalue weighted by Gasteiger charge is 1.93. The molecule has 0 rings (SSSR count). The van der Waals surface area contributed by atoms with Gasteiger partial charge in [-0.2, -0.15) is 0 Å². The van der Waals surface area contributed by atoms with E-state index in [1.165, 1.54) is 0 Å². The van der Waals surface area contributed by atoms with Crippen LogP contribution < -0.4 is 11.1 Å². The summed E-state index contributed by atoms with van der Waals surface area (Å²) < 4.78 is 41.7. The molecular weight excluding hydrogens is 476 g/mol. The van der Waals surface area contributed by atoms with E-state index in [0.29, 0.717) is 125 Å². The Morgan fingerprint density at radius 3 is 1.06 bits per heavy atom. The molecule has 0 aromatic heterocycles. The minimum atomic E-state index is 0. The number of carbonyl (C=O) groups excluding carboxylic acids is 2. The molecule has 0 atom stereocenters. The van der Waals surface area contributed by atoms with Crippen LogP contribution in [0.15, 0.2) is 0 Å². The first-order chi connectivity index (χ1) is 17.3. The van der Waals surface area contributed by atoms with Crippen molar-refractivity contribution in [2.45, 2.75) is 20.3 Å². The van der Waals surface area contributed by atoms with Crippen molar-refractivity contribution in [3.63, 3.8) is 0 Å². The Bertz CT molecular complexity index is 396. The average molecular weight is 529 g/mol.